The molecule has 6 heteroatoms. The Bertz CT molecular complexity index is 281. The summed E-state index contributed by atoms with van der Waals surface area (Å²) in [6.45, 7) is 5.67. The number of hydrogen-bond acceptors (Lipinski definition) is 3. The summed E-state index contributed by atoms with van der Waals surface area (Å²) in [5, 5.41) is -0.146. The molecule has 0 rings (SSSR count). The van der Waals surface area contributed by atoms with Gasteiger partial charge in [-0.15, -0.1) is 11.8 Å². The Balaban J connectivity index is 3.76. The lowest BCUT2D eigenvalue weighted by Gasteiger charge is -2.16. The van der Waals surface area contributed by atoms with Gasteiger partial charge in [-0.05, 0) is 38.9 Å². The molecule has 0 aliphatic carbocycles. The first-order chi connectivity index (χ1) is 9.76. The Hall–Kier alpha value is -0.390. The molecule has 0 fully saturated rings. The van der Waals surface area contributed by atoms with Gasteiger partial charge in [-0.25, -0.2) is 0 Å². The fraction of sp³-hybridized carbons (Fsp3) is 0.933. The third kappa shape index (κ3) is 13.0. The number of carbonyl (C=O) groups is 1. The number of thioether (sulfide) groups is 1. The summed E-state index contributed by atoms with van der Waals surface area (Å²) >= 11 is 1.56. The van der Waals surface area contributed by atoms with Gasteiger partial charge >= 0.3 is 12.1 Å². The van der Waals surface area contributed by atoms with Gasteiger partial charge in [0.25, 0.3) is 0 Å². The van der Waals surface area contributed by atoms with Crippen molar-refractivity contribution in [3.63, 3.8) is 0 Å². The highest BCUT2D eigenvalue weighted by Gasteiger charge is 2.25. The van der Waals surface area contributed by atoms with Gasteiger partial charge < -0.3 is 4.74 Å². The highest BCUT2D eigenvalue weighted by molar-refractivity contribution is 8.00. The van der Waals surface area contributed by atoms with Crippen LogP contribution in [0.5, 0.6) is 0 Å². The molecule has 21 heavy (non-hydrogen) atoms. The van der Waals surface area contributed by atoms with Gasteiger partial charge in [0.05, 0.1) is 6.10 Å². The topological polar surface area (TPSA) is 26.3 Å². The molecule has 2 nitrogen and oxygen atoms in total. The minimum absolute atomic E-state index is 0.111. The largest absolute Gasteiger partial charge is 0.462 e. The zero-order valence-corrected chi connectivity index (χ0v) is 14.0. The molecular weight excluding hydrogens is 301 g/mol. The van der Waals surface area contributed by atoms with Crippen LogP contribution >= 0.6 is 11.8 Å². The molecular formula is C15H27F3O2S. The fourth-order valence-corrected chi connectivity index (χ4v) is 3.10. The van der Waals surface area contributed by atoms with Gasteiger partial charge in [0.2, 0.25) is 0 Å². The second-order valence-corrected chi connectivity index (χ2v) is 6.72. The first-order valence-corrected chi connectivity index (χ1v) is 8.70. The second-order valence-electron chi connectivity index (χ2n) is 5.41. The van der Waals surface area contributed by atoms with Gasteiger partial charge in [0.15, 0.2) is 0 Å². The highest BCUT2D eigenvalue weighted by Crippen LogP contribution is 2.24. The van der Waals surface area contributed by atoms with E-state index in [0.717, 1.165) is 31.4 Å². The molecule has 0 heterocycles. The average Bonchev–Trinajstić information content (AvgIpc) is 2.34. The number of alkyl halides is 3. The number of ether oxygens (including phenoxy) is 1. The van der Waals surface area contributed by atoms with Crippen LogP contribution < -0.4 is 0 Å². The summed E-state index contributed by atoms with van der Waals surface area (Å²) in [4.78, 5) is 11.9. The molecule has 0 bridgehead atoms. The van der Waals surface area contributed by atoms with Crippen molar-refractivity contribution in [3.8, 4) is 0 Å². The maximum atomic E-state index is 12.0. The summed E-state index contributed by atoms with van der Waals surface area (Å²) in [6, 6.07) is 0. The van der Waals surface area contributed by atoms with Crippen molar-refractivity contribution in [1.29, 1.82) is 0 Å². The molecule has 0 aliphatic heterocycles. The predicted octanol–water partition coefficient (Wildman–Crippen LogP) is 5.35. The molecule has 0 N–H and O–H groups in total. The van der Waals surface area contributed by atoms with E-state index < -0.39 is 12.6 Å². The smallest absolute Gasteiger partial charge is 0.389 e. The van der Waals surface area contributed by atoms with Gasteiger partial charge in [0.1, 0.15) is 5.25 Å². The molecule has 1 unspecified atom stereocenters. The van der Waals surface area contributed by atoms with Crippen LogP contribution in [0.15, 0.2) is 0 Å². The summed E-state index contributed by atoms with van der Waals surface area (Å²) in [6.07, 6.45) is -0.739. The summed E-state index contributed by atoms with van der Waals surface area (Å²) < 4.78 is 41.1. The lowest BCUT2D eigenvalue weighted by atomic mass is 10.1. The van der Waals surface area contributed by atoms with Gasteiger partial charge in [-0.2, -0.15) is 13.2 Å². The normalized spacial score (nSPS) is 13.5. The van der Waals surface area contributed by atoms with E-state index in [1.165, 1.54) is 0 Å². The van der Waals surface area contributed by atoms with E-state index >= 15 is 0 Å². The van der Waals surface area contributed by atoms with E-state index in [1.54, 1.807) is 11.8 Å². The molecule has 0 aromatic heterocycles. The maximum absolute atomic E-state index is 12.0. The molecule has 1 atom stereocenters. The number of unbranched alkanes of at least 4 members (excludes halogenated alkanes) is 3. The van der Waals surface area contributed by atoms with Crippen LogP contribution in [-0.2, 0) is 9.53 Å². The first-order valence-electron chi connectivity index (χ1n) is 7.65. The van der Waals surface area contributed by atoms with E-state index in [1.807, 2.05) is 20.8 Å². The second kappa shape index (κ2) is 11.2. The van der Waals surface area contributed by atoms with Crippen LogP contribution in [0, 0.1) is 0 Å². The Labute approximate surface area is 130 Å². The molecule has 0 spiro atoms. The van der Waals surface area contributed by atoms with Crippen LogP contribution in [0.4, 0.5) is 13.2 Å². The number of halogens is 3. The van der Waals surface area contributed by atoms with Crippen LogP contribution in [0.25, 0.3) is 0 Å². The van der Waals surface area contributed by atoms with E-state index in [9.17, 15) is 18.0 Å². The van der Waals surface area contributed by atoms with Crippen molar-refractivity contribution in [2.24, 2.45) is 0 Å². The van der Waals surface area contributed by atoms with E-state index in [0.29, 0.717) is 6.42 Å². The van der Waals surface area contributed by atoms with Crippen molar-refractivity contribution < 1.29 is 22.7 Å². The molecule has 0 saturated carbocycles. The standard InChI is InChI=1S/C15H27F3O2S/c1-4-9-13(14(19)20-12(2)3)21-11-8-6-5-7-10-15(16,17)18/h12-13H,4-11H2,1-3H3. The molecule has 0 aromatic carbocycles. The van der Waals surface area contributed by atoms with Crippen LogP contribution in [0.3, 0.4) is 0 Å². The first kappa shape index (κ1) is 20.6. The molecule has 0 saturated heterocycles. The van der Waals surface area contributed by atoms with Gasteiger partial charge in [-0.3, -0.25) is 4.79 Å². The summed E-state index contributed by atoms with van der Waals surface area (Å²) in [5.41, 5.74) is 0. The Morgan fingerprint density at radius 3 is 2.29 bits per heavy atom. The number of carbonyl (C=O) groups excluding carboxylic acids is 1. The van der Waals surface area contributed by atoms with Crippen molar-refractivity contribution in [3.05, 3.63) is 0 Å². The van der Waals surface area contributed by atoms with Crippen LogP contribution in [0.2, 0.25) is 0 Å². The van der Waals surface area contributed by atoms with Gasteiger partial charge in [-0.1, -0.05) is 26.2 Å². The maximum Gasteiger partial charge on any atom is 0.389 e. The van der Waals surface area contributed by atoms with Crippen molar-refractivity contribution in [1.82, 2.24) is 0 Å². The monoisotopic (exact) mass is 328 g/mol. The number of esters is 1. The molecule has 0 radical (unpaired) electrons. The van der Waals surface area contributed by atoms with E-state index in [-0.39, 0.29) is 23.7 Å². The quantitative estimate of drug-likeness (QED) is 0.377. The van der Waals surface area contributed by atoms with E-state index in [2.05, 4.69) is 0 Å². The van der Waals surface area contributed by atoms with Crippen molar-refractivity contribution in [2.75, 3.05) is 5.75 Å². The average molecular weight is 328 g/mol. The number of rotatable bonds is 11. The third-order valence-corrected chi connectivity index (χ3v) is 4.19. The van der Waals surface area contributed by atoms with Gasteiger partial charge in [0, 0.05) is 6.42 Å². The van der Waals surface area contributed by atoms with E-state index in [4.69, 9.17) is 4.74 Å². The molecule has 0 amide bonds. The zero-order chi connectivity index (χ0) is 16.3. The molecule has 0 aliphatic rings. The minimum Gasteiger partial charge on any atom is -0.462 e. The van der Waals surface area contributed by atoms with Crippen LogP contribution in [0.1, 0.15) is 65.7 Å². The predicted molar refractivity (Wildman–Crippen MR) is 81.5 cm³/mol. The third-order valence-electron chi connectivity index (χ3n) is 2.84. The summed E-state index contributed by atoms with van der Waals surface area (Å²) in [7, 11) is 0. The Kier molecular flexibility index (Phi) is 11.0. The zero-order valence-electron chi connectivity index (χ0n) is 13.2. The lowest BCUT2D eigenvalue weighted by molar-refractivity contribution is -0.146. The minimum atomic E-state index is -4.04. The SMILES string of the molecule is CCCC(SCCCCCCC(F)(F)F)C(=O)OC(C)C. The lowest BCUT2D eigenvalue weighted by Crippen LogP contribution is -2.23. The van der Waals surface area contributed by atoms with Crippen molar-refractivity contribution in [2.45, 2.75) is 83.2 Å². The molecule has 0 aromatic rings. The molecule has 126 valence electrons. The number of hydrogen-bond donors (Lipinski definition) is 0. The van der Waals surface area contributed by atoms with Crippen LogP contribution in [-0.4, -0.2) is 29.3 Å². The van der Waals surface area contributed by atoms with Crippen molar-refractivity contribution >= 4 is 17.7 Å². The fourth-order valence-electron chi connectivity index (χ4n) is 1.85. The summed E-state index contributed by atoms with van der Waals surface area (Å²) in [5.74, 6) is 0.623. The highest BCUT2D eigenvalue weighted by atomic mass is 32.2. The Morgan fingerprint density at radius 2 is 1.76 bits per heavy atom. The Morgan fingerprint density at radius 1 is 1.14 bits per heavy atom.